The molecule has 1 amide bonds. The zero-order chi connectivity index (χ0) is 17.5. The van der Waals surface area contributed by atoms with Gasteiger partial charge in [-0.05, 0) is 24.6 Å². The van der Waals surface area contributed by atoms with E-state index < -0.39 is 4.92 Å². The topological polar surface area (TPSA) is 94.4 Å². The first-order chi connectivity index (χ1) is 11.5. The smallest absolute Gasteiger partial charge is 0.269 e. The van der Waals surface area contributed by atoms with Gasteiger partial charge in [0.15, 0.2) is 0 Å². The second-order valence-corrected chi connectivity index (χ2v) is 6.35. The number of hydrogen-bond acceptors (Lipinski definition) is 6. The number of pyridine rings is 1. The van der Waals surface area contributed by atoms with Gasteiger partial charge in [-0.3, -0.25) is 14.9 Å². The average molecular weight is 347 g/mol. The van der Waals surface area contributed by atoms with Gasteiger partial charge in [0.25, 0.3) is 5.69 Å². The van der Waals surface area contributed by atoms with Gasteiger partial charge in [-0.1, -0.05) is 6.07 Å². The average Bonchev–Trinajstić information content (AvgIpc) is 2.60. The molecule has 0 bridgehead atoms. The van der Waals surface area contributed by atoms with E-state index in [2.05, 4.69) is 10.3 Å². The Kier molecular flexibility index (Phi) is 6.14. The van der Waals surface area contributed by atoms with Crippen LogP contribution in [0.1, 0.15) is 12.5 Å². The summed E-state index contributed by atoms with van der Waals surface area (Å²) < 4.78 is 4.98. The highest BCUT2D eigenvalue weighted by Gasteiger charge is 2.15. The van der Waals surface area contributed by atoms with Crippen molar-refractivity contribution >= 4 is 23.4 Å². The molecule has 0 fully saturated rings. The van der Waals surface area contributed by atoms with Crippen LogP contribution in [0.4, 0.5) is 5.69 Å². The number of non-ortho nitro benzene ring substituents is 1. The van der Waals surface area contributed by atoms with Gasteiger partial charge in [-0.25, -0.2) is 4.98 Å². The minimum Gasteiger partial charge on any atom is -0.481 e. The first-order valence-electron chi connectivity index (χ1n) is 7.17. The molecule has 1 atom stereocenters. The van der Waals surface area contributed by atoms with E-state index in [0.717, 1.165) is 10.5 Å². The minimum absolute atomic E-state index is 0.0310. The molecule has 1 aromatic carbocycles. The van der Waals surface area contributed by atoms with Crippen molar-refractivity contribution in [2.45, 2.75) is 23.6 Å². The molecule has 126 valence electrons. The Bertz CT molecular complexity index is 704. The summed E-state index contributed by atoms with van der Waals surface area (Å²) in [7, 11) is 1.54. The zero-order valence-electron chi connectivity index (χ0n) is 13.3. The number of ether oxygens (including phenoxy) is 1. The fourth-order valence-corrected chi connectivity index (χ4v) is 2.77. The molecule has 0 aliphatic rings. The summed E-state index contributed by atoms with van der Waals surface area (Å²) in [5.41, 5.74) is 0.903. The quantitative estimate of drug-likeness (QED) is 0.470. The van der Waals surface area contributed by atoms with Crippen molar-refractivity contribution in [1.29, 1.82) is 0 Å². The standard InChI is InChI=1S/C16H17N3O4S/c1-11(24-14-6-4-13(5-7-14)19(21)22)16(20)18-10-12-3-8-15(23-2)17-9-12/h3-9,11H,10H2,1-2H3,(H,18,20)/t11-/m1/s1. The Morgan fingerprint density at radius 2 is 2.04 bits per heavy atom. The van der Waals surface area contributed by atoms with Crippen LogP contribution in [-0.2, 0) is 11.3 Å². The molecule has 0 saturated heterocycles. The van der Waals surface area contributed by atoms with Crippen LogP contribution >= 0.6 is 11.8 Å². The number of rotatable bonds is 7. The van der Waals surface area contributed by atoms with Gasteiger partial charge in [-0.15, -0.1) is 11.8 Å². The molecule has 1 heterocycles. The number of nitro groups is 1. The number of nitro benzene ring substituents is 1. The van der Waals surface area contributed by atoms with E-state index in [1.165, 1.54) is 23.9 Å². The Morgan fingerprint density at radius 1 is 1.33 bits per heavy atom. The molecular weight excluding hydrogens is 330 g/mol. The van der Waals surface area contributed by atoms with Gasteiger partial charge in [0.2, 0.25) is 11.8 Å². The highest BCUT2D eigenvalue weighted by Crippen LogP contribution is 2.25. The molecule has 0 saturated carbocycles. The predicted octanol–water partition coefficient (Wildman–Crippen LogP) is 2.80. The second kappa shape index (κ2) is 8.30. The van der Waals surface area contributed by atoms with Crippen molar-refractivity contribution < 1.29 is 14.5 Å². The van der Waals surface area contributed by atoms with Crippen molar-refractivity contribution in [3.63, 3.8) is 0 Å². The number of carbonyl (C=O) groups excluding carboxylic acids is 1. The van der Waals surface area contributed by atoms with E-state index in [4.69, 9.17) is 4.74 Å². The van der Waals surface area contributed by atoms with Crippen molar-refractivity contribution in [1.82, 2.24) is 10.3 Å². The predicted molar refractivity (Wildman–Crippen MR) is 91.1 cm³/mol. The number of aromatic nitrogens is 1. The molecule has 2 rings (SSSR count). The van der Waals surface area contributed by atoms with Crippen LogP contribution in [0.25, 0.3) is 0 Å². The molecule has 0 unspecified atom stereocenters. The van der Waals surface area contributed by atoms with Crippen LogP contribution in [-0.4, -0.2) is 28.2 Å². The van der Waals surface area contributed by atoms with Crippen molar-refractivity contribution in [3.05, 3.63) is 58.3 Å². The molecule has 1 aromatic heterocycles. The fourth-order valence-electron chi connectivity index (χ4n) is 1.87. The Morgan fingerprint density at radius 3 is 2.58 bits per heavy atom. The third-order valence-corrected chi connectivity index (χ3v) is 4.32. The summed E-state index contributed by atoms with van der Waals surface area (Å²) in [5.74, 6) is 0.404. The SMILES string of the molecule is COc1ccc(CNC(=O)[C@@H](C)Sc2ccc([N+](=O)[O-])cc2)cn1. The maximum Gasteiger partial charge on any atom is 0.269 e. The number of benzene rings is 1. The largest absolute Gasteiger partial charge is 0.481 e. The van der Waals surface area contributed by atoms with Crippen LogP contribution in [0, 0.1) is 10.1 Å². The van der Waals surface area contributed by atoms with Gasteiger partial charge in [0.1, 0.15) is 0 Å². The van der Waals surface area contributed by atoms with Crippen molar-refractivity contribution in [2.24, 2.45) is 0 Å². The highest BCUT2D eigenvalue weighted by atomic mass is 32.2. The van der Waals surface area contributed by atoms with Gasteiger partial charge in [0, 0.05) is 35.8 Å². The number of nitrogens with one attached hydrogen (secondary N) is 1. The first-order valence-corrected chi connectivity index (χ1v) is 8.05. The molecular formula is C16H17N3O4S. The Balaban J connectivity index is 1.85. The molecule has 24 heavy (non-hydrogen) atoms. The normalized spacial score (nSPS) is 11.6. The minimum atomic E-state index is -0.451. The lowest BCUT2D eigenvalue weighted by Gasteiger charge is -2.12. The third kappa shape index (κ3) is 4.95. The van der Waals surface area contributed by atoms with Crippen LogP contribution in [0.2, 0.25) is 0 Å². The Labute approximate surface area is 143 Å². The molecule has 8 heteroatoms. The molecule has 7 nitrogen and oxygen atoms in total. The summed E-state index contributed by atoms with van der Waals surface area (Å²) in [4.78, 5) is 27.2. The number of hydrogen-bond donors (Lipinski definition) is 1. The molecule has 0 radical (unpaired) electrons. The van der Waals surface area contributed by atoms with Gasteiger partial charge in [0.05, 0.1) is 17.3 Å². The summed E-state index contributed by atoms with van der Waals surface area (Å²) in [5, 5.41) is 13.1. The molecule has 1 N–H and O–H groups in total. The van der Waals surface area contributed by atoms with Crippen molar-refractivity contribution in [2.75, 3.05) is 7.11 Å². The maximum absolute atomic E-state index is 12.1. The molecule has 2 aromatic rings. The van der Waals surface area contributed by atoms with Crippen LogP contribution in [0.15, 0.2) is 47.5 Å². The van der Waals surface area contributed by atoms with Gasteiger partial charge in [-0.2, -0.15) is 0 Å². The van der Waals surface area contributed by atoms with E-state index in [1.54, 1.807) is 38.4 Å². The van der Waals surface area contributed by atoms with Gasteiger partial charge >= 0.3 is 0 Å². The lowest BCUT2D eigenvalue weighted by molar-refractivity contribution is -0.384. The van der Waals surface area contributed by atoms with E-state index in [0.29, 0.717) is 12.4 Å². The maximum atomic E-state index is 12.1. The van der Waals surface area contributed by atoms with Crippen LogP contribution in [0.3, 0.4) is 0 Å². The van der Waals surface area contributed by atoms with Crippen molar-refractivity contribution in [3.8, 4) is 5.88 Å². The lowest BCUT2D eigenvalue weighted by atomic mass is 10.3. The van der Waals surface area contributed by atoms with Crippen LogP contribution in [0.5, 0.6) is 5.88 Å². The fraction of sp³-hybridized carbons (Fsp3) is 0.250. The van der Waals surface area contributed by atoms with E-state index in [-0.39, 0.29) is 16.8 Å². The summed E-state index contributed by atoms with van der Waals surface area (Å²) in [6.07, 6.45) is 1.65. The van der Waals surface area contributed by atoms with Gasteiger partial charge < -0.3 is 10.1 Å². The zero-order valence-corrected chi connectivity index (χ0v) is 14.1. The number of carbonyl (C=O) groups is 1. The Hall–Kier alpha value is -2.61. The van der Waals surface area contributed by atoms with E-state index in [9.17, 15) is 14.9 Å². The molecule has 0 spiro atoms. The number of nitrogens with zero attached hydrogens (tertiary/aromatic N) is 2. The summed E-state index contributed by atoms with van der Waals surface area (Å²) in [6.45, 7) is 2.16. The number of methoxy groups -OCH3 is 1. The highest BCUT2D eigenvalue weighted by molar-refractivity contribution is 8.00. The first kappa shape index (κ1) is 17.7. The monoisotopic (exact) mass is 347 g/mol. The second-order valence-electron chi connectivity index (χ2n) is 4.94. The van der Waals surface area contributed by atoms with Crippen LogP contribution < -0.4 is 10.1 Å². The third-order valence-electron chi connectivity index (χ3n) is 3.20. The summed E-state index contributed by atoms with van der Waals surface area (Å²) in [6, 6.07) is 9.70. The molecule has 0 aliphatic heterocycles. The lowest BCUT2D eigenvalue weighted by Crippen LogP contribution is -2.30. The number of thioether (sulfide) groups is 1. The van der Waals surface area contributed by atoms with E-state index in [1.807, 2.05) is 6.07 Å². The molecule has 0 aliphatic carbocycles. The summed E-state index contributed by atoms with van der Waals surface area (Å²) >= 11 is 1.34. The number of amides is 1. The van der Waals surface area contributed by atoms with E-state index >= 15 is 0 Å².